The molecule has 1 atom stereocenters. The summed E-state index contributed by atoms with van der Waals surface area (Å²) in [4.78, 5) is 4.20. The van der Waals surface area contributed by atoms with Gasteiger partial charge in [-0.3, -0.25) is 0 Å². The van der Waals surface area contributed by atoms with Gasteiger partial charge in [-0.15, -0.1) is 0 Å². The Bertz CT molecular complexity index is 308. The zero-order valence-corrected chi connectivity index (χ0v) is 8.00. The number of nitrogens with zero attached hydrogens (tertiary/aromatic N) is 1. The third kappa shape index (κ3) is 1.52. The molecule has 1 fully saturated rings. The molecule has 3 heteroatoms. The Kier molecular flexibility index (Phi) is 2.19. The summed E-state index contributed by atoms with van der Waals surface area (Å²) in [6.45, 7) is 3.22. The highest BCUT2D eigenvalue weighted by atomic mass is 16.5. The number of hydrogen-bond acceptors (Lipinski definition) is 3. The fourth-order valence-electron chi connectivity index (χ4n) is 1.57. The molecule has 0 aliphatic carbocycles. The summed E-state index contributed by atoms with van der Waals surface area (Å²) in [6, 6.07) is 2.49. The van der Waals surface area contributed by atoms with Crippen LogP contribution < -0.4 is 10.1 Å². The van der Waals surface area contributed by atoms with Crippen molar-refractivity contribution >= 4 is 0 Å². The van der Waals surface area contributed by atoms with Crippen molar-refractivity contribution in [1.82, 2.24) is 10.3 Å². The molecular formula is C10H14N2O. The average Bonchev–Trinajstić information content (AvgIpc) is 2.05. The van der Waals surface area contributed by atoms with Crippen LogP contribution in [0.5, 0.6) is 5.88 Å². The van der Waals surface area contributed by atoms with E-state index in [0.29, 0.717) is 11.9 Å². The molecule has 1 saturated heterocycles. The van der Waals surface area contributed by atoms with Crippen LogP contribution in [0.15, 0.2) is 12.3 Å². The third-order valence-electron chi connectivity index (χ3n) is 2.53. The minimum Gasteiger partial charge on any atom is -0.481 e. The van der Waals surface area contributed by atoms with E-state index in [2.05, 4.69) is 17.2 Å². The third-order valence-corrected chi connectivity index (χ3v) is 2.53. The van der Waals surface area contributed by atoms with Gasteiger partial charge in [-0.1, -0.05) is 0 Å². The Morgan fingerprint density at radius 2 is 2.38 bits per heavy atom. The monoisotopic (exact) mass is 178 g/mol. The maximum Gasteiger partial charge on any atom is 0.213 e. The van der Waals surface area contributed by atoms with Crippen LogP contribution in [-0.4, -0.2) is 18.6 Å². The molecule has 1 aromatic heterocycles. The Labute approximate surface area is 78.1 Å². The SMILES string of the molecule is COc1cc(C)c([C@@H]2CCN2)cn1. The molecular weight excluding hydrogens is 164 g/mol. The van der Waals surface area contributed by atoms with Crippen LogP contribution in [0.4, 0.5) is 0 Å². The summed E-state index contributed by atoms with van der Waals surface area (Å²) in [5.41, 5.74) is 2.55. The van der Waals surface area contributed by atoms with E-state index in [1.54, 1.807) is 7.11 Å². The van der Waals surface area contributed by atoms with Gasteiger partial charge in [0.15, 0.2) is 0 Å². The van der Waals surface area contributed by atoms with E-state index in [0.717, 1.165) is 6.54 Å². The van der Waals surface area contributed by atoms with Gasteiger partial charge < -0.3 is 10.1 Å². The molecule has 0 spiro atoms. The van der Waals surface area contributed by atoms with Crippen molar-refractivity contribution in [2.75, 3.05) is 13.7 Å². The summed E-state index contributed by atoms with van der Waals surface area (Å²) in [7, 11) is 1.64. The van der Waals surface area contributed by atoms with Crippen LogP contribution in [-0.2, 0) is 0 Å². The van der Waals surface area contributed by atoms with Gasteiger partial charge in [-0.2, -0.15) is 0 Å². The number of hydrogen-bond donors (Lipinski definition) is 1. The predicted molar refractivity (Wildman–Crippen MR) is 50.9 cm³/mol. The van der Waals surface area contributed by atoms with Gasteiger partial charge in [0.1, 0.15) is 0 Å². The molecule has 13 heavy (non-hydrogen) atoms. The van der Waals surface area contributed by atoms with Crippen LogP contribution in [0.1, 0.15) is 23.6 Å². The molecule has 0 unspecified atom stereocenters. The fourth-order valence-corrected chi connectivity index (χ4v) is 1.57. The van der Waals surface area contributed by atoms with Crippen molar-refractivity contribution in [2.45, 2.75) is 19.4 Å². The first kappa shape index (κ1) is 8.51. The van der Waals surface area contributed by atoms with Crippen LogP contribution in [0.3, 0.4) is 0 Å². The Hall–Kier alpha value is -1.09. The lowest BCUT2D eigenvalue weighted by atomic mass is 9.96. The summed E-state index contributed by atoms with van der Waals surface area (Å²) in [5.74, 6) is 0.695. The molecule has 0 radical (unpaired) electrons. The number of ether oxygens (including phenoxy) is 1. The molecule has 0 aromatic carbocycles. The minimum atomic E-state index is 0.512. The largest absolute Gasteiger partial charge is 0.481 e. The number of rotatable bonds is 2. The number of methoxy groups -OCH3 is 1. The molecule has 0 amide bonds. The molecule has 1 aromatic rings. The van der Waals surface area contributed by atoms with E-state index in [4.69, 9.17) is 4.74 Å². The average molecular weight is 178 g/mol. The first-order valence-electron chi connectivity index (χ1n) is 4.55. The second kappa shape index (κ2) is 3.34. The van der Waals surface area contributed by atoms with Crippen LogP contribution in [0.2, 0.25) is 0 Å². The van der Waals surface area contributed by atoms with Crippen LogP contribution >= 0.6 is 0 Å². The van der Waals surface area contributed by atoms with Crippen molar-refractivity contribution in [3.05, 3.63) is 23.4 Å². The van der Waals surface area contributed by atoms with Gasteiger partial charge in [0.25, 0.3) is 0 Å². The van der Waals surface area contributed by atoms with Crippen molar-refractivity contribution in [3.63, 3.8) is 0 Å². The summed E-state index contributed by atoms with van der Waals surface area (Å²) in [6.07, 6.45) is 3.12. The molecule has 2 heterocycles. The van der Waals surface area contributed by atoms with Gasteiger partial charge in [-0.25, -0.2) is 4.98 Å². The van der Waals surface area contributed by atoms with Crippen LogP contribution in [0.25, 0.3) is 0 Å². The Morgan fingerprint density at radius 1 is 1.62 bits per heavy atom. The molecule has 1 aliphatic rings. The maximum atomic E-state index is 5.05. The lowest BCUT2D eigenvalue weighted by molar-refractivity contribution is 0.375. The van der Waals surface area contributed by atoms with E-state index in [1.807, 2.05) is 12.3 Å². The second-order valence-corrected chi connectivity index (χ2v) is 3.38. The maximum absolute atomic E-state index is 5.05. The van der Waals surface area contributed by atoms with E-state index < -0.39 is 0 Å². The zero-order chi connectivity index (χ0) is 9.26. The minimum absolute atomic E-state index is 0.512. The smallest absolute Gasteiger partial charge is 0.213 e. The normalized spacial score (nSPS) is 20.9. The van der Waals surface area contributed by atoms with Gasteiger partial charge >= 0.3 is 0 Å². The van der Waals surface area contributed by atoms with Gasteiger partial charge in [-0.05, 0) is 31.0 Å². The zero-order valence-electron chi connectivity index (χ0n) is 8.00. The Morgan fingerprint density at radius 3 is 2.85 bits per heavy atom. The van der Waals surface area contributed by atoms with Crippen molar-refractivity contribution in [1.29, 1.82) is 0 Å². The molecule has 70 valence electrons. The molecule has 2 rings (SSSR count). The highest BCUT2D eigenvalue weighted by Crippen LogP contribution is 2.26. The quantitative estimate of drug-likeness (QED) is 0.744. The summed E-state index contributed by atoms with van der Waals surface area (Å²) < 4.78 is 5.05. The van der Waals surface area contributed by atoms with E-state index in [-0.39, 0.29) is 0 Å². The molecule has 1 N–H and O–H groups in total. The lowest BCUT2D eigenvalue weighted by Crippen LogP contribution is -2.35. The van der Waals surface area contributed by atoms with Gasteiger partial charge in [0, 0.05) is 18.3 Å². The van der Waals surface area contributed by atoms with Crippen molar-refractivity contribution < 1.29 is 4.74 Å². The van der Waals surface area contributed by atoms with E-state index >= 15 is 0 Å². The summed E-state index contributed by atoms with van der Waals surface area (Å²) in [5, 5.41) is 3.36. The number of aromatic nitrogens is 1. The predicted octanol–water partition coefficient (Wildman–Crippen LogP) is 1.43. The van der Waals surface area contributed by atoms with Crippen molar-refractivity contribution in [3.8, 4) is 5.88 Å². The molecule has 0 saturated carbocycles. The van der Waals surface area contributed by atoms with E-state index in [1.165, 1.54) is 17.5 Å². The number of nitrogens with one attached hydrogen (secondary N) is 1. The van der Waals surface area contributed by atoms with Gasteiger partial charge in [0.05, 0.1) is 7.11 Å². The number of aryl methyl sites for hydroxylation is 1. The number of pyridine rings is 1. The first-order chi connectivity index (χ1) is 6.31. The second-order valence-electron chi connectivity index (χ2n) is 3.38. The van der Waals surface area contributed by atoms with Gasteiger partial charge in [0.2, 0.25) is 5.88 Å². The molecule has 1 aliphatic heterocycles. The fraction of sp³-hybridized carbons (Fsp3) is 0.500. The summed E-state index contributed by atoms with van der Waals surface area (Å²) >= 11 is 0. The topological polar surface area (TPSA) is 34.1 Å². The first-order valence-corrected chi connectivity index (χ1v) is 4.55. The van der Waals surface area contributed by atoms with Crippen molar-refractivity contribution in [2.24, 2.45) is 0 Å². The standard InChI is InChI=1S/C10H14N2O/c1-7-5-10(13-2)12-6-8(7)9-3-4-11-9/h5-6,9,11H,3-4H2,1-2H3/t9-/m0/s1. The highest BCUT2D eigenvalue weighted by molar-refractivity contribution is 5.31. The molecule has 3 nitrogen and oxygen atoms in total. The van der Waals surface area contributed by atoms with E-state index in [9.17, 15) is 0 Å². The Balaban J connectivity index is 2.26. The highest BCUT2D eigenvalue weighted by Gasteiger charge is 2.20. The van der Waals surface area contributed by atoms with Crippen LogP contribution in [0, 0.1) is 6.92 Å². The molecule has 0 bridgehead atoms. The lowest BCUT2D eigenvalue weighted by Gasteiger charge is -2.29.